The Bertz CT molecular complexity index is 95.0. The van der Waals surface area contributed by atoms with Crippen molar-refractivity contribution in [3.63, 3.8) is 0 Å². The van der Waals surface area contributed by atoms with E-state index in [0.717, 1.165) is 12.8 Å². The van der Waals surface area contributed by atoms with E-state index in [1.807, 2.05) is 0 Å². The normalized spacial score (nSPS) is 25.3. The van der Waals surface area contributed by atoms with Gasteiger partial charge in [-0.3, -0.25) is 0 Å². The molecule has 0 radical (unpaired) electrons. The molecular formula is C5H6O. The van der Waals surface area contributed by atoms with Gasteiger partial charge in [0.05, 0.1) is 0 Å². The molecular weight excluding hydrogens is 76.1 g/mol. The Morgan fingerprint density at radius 1 is 1.67 bits per heavy atom. The van der Waals surface area contributed by atoms with Crippen LogP contribution in [0.25, 0.3) is 0 Å². The third-order valence-corrected chi connectivity index (χ3v) is 0.992. The number of aliphatic hydroxyl groups is 1. The maximum Gasteiger partial charge on any atom is 0.125 e. The molecule has 1 nitrogen and oxygen atoms in total. The average molecular weight is 82.1 g/mol. The molecule has 0 aromatic carbocycles. The van der Waals surface area contributed by atoms with E-state index in [-0.39, 0.29) is 0 Å². The summed E-state index contributed by atoms with van der Waals surface area (Å²) in [5.74, 6) is 2.27. The van der Waals surface area contributed by atoms with Gasteiger partial charge in [-0.05, 0) is 12.8 Å². The number of hydrogen-bond donors (Lipinski definition) is 1. The minimum Gasteiger partial charge on any atom is -0.378 e. The van der Waals surface area contributed by atoms with Crippen molar-refractivity contribution in [3.8, 4) is 12.3 Å². The minimum absolute atomic E-state index is 0.681. The van der Waals surface area contributed by atoms with Crippen molar-refractivity contribution in [2.45, 2.75) is 18.4 Å². The maximum absolute atomic E-state index is 8.70. The van der Waals surface area contributed by atoms with Gasteiger partial charge in [0, 0.05) is 0 Å². The zero-order valence-electron chi connectivity index (χ0n) is 3.44. The van der Waals surface area contributed by atoms with Gasteiger partial charge in [-0.25, -0.2) is 0 Å². The van der Waals surface area contributed by atoms with E-state index < -0.39 is 5.60 Å². The van der Waals surface area contributed by atoms with Crippen LogP contribution in [0.4, 0.5) is 0 Å². The lowest BCUT2D eigenvalue weighted by atomic mass is 10.4. The van der Waals surface area contributed by atoms with Gasteiger partial charge in [-0.2, -0.15) is 0 Å². The molecule has 0 atom stereocenters. The van der Waals surface area contributed by atoms with Gasteiger partial charge in [0.15, 0.2) is 0 Å². The molecule has 0 aliphatic heterocycles. The van der Waals surface area contributed by atoms with E-state index in [0.29, 0.717) is 0 Å². The molecule has 0 unspecified atom stereocenters. The molecule has 6 heavy (non-hydrogen) atoms. The van der Waals surface area contributed by atoms with Crippen LogP contribution in [0.2, 0.25) is 0 Å². The largest absolute Gasteiger partial charge is 0.378 e. The molecule has 1 N–H and O–H groups in total. The zero-order valence-corrected chi connectivity index (χ0v) is 3.44. The van der Waals surface area contributed by atoms with Crippen molar-refractivity contribution in [2.75, 3.05) is 0 Å². The van der Waals surface area contributed by atoms with Crippen LogP contribution < -0.4 is 0 Å². The fourth-order valence-corrected chi connectivity index (χ4v) is 0.263. The monoisotopic (exact) mass is 82.0 g/mol. The second-order valence-electron chi connectivity index (χ2n) is 1.68. The second kappa shape index (κ2) is 0.772. The summed E-state index contributed by atoms with van der Waals surface area (Å²) in [6.07, 6.45) is 6.46. The second-order valence-corrected chi connectivity index (χ2v) is 1.68. The van der Waals surface area contributed by atoms with E-state index in [9.17, 15) is 0 Å². The summed E-state index contributed by atoms with van der Waals surface area (Å²) in [6, 6.07) is 0. The summed E-state index contributed by atoms with van der Waals surface area (Å²) in [4.78, 5) is 0. The van der Waals surface area contributed by atoms with Gasteiger partial charge in [0.2, 0.25) is 0 Å². The Hall–Kier alpha value is -0.480. The molecule has 1 heteroatoms. The standard InChI is InChI=1S/C5H6O/c1-2-5(6)3-4-5/h1,6H,3-4H2. The molecule has 0 amide bonds. The van der Waals surface area contributed by atoms with E-state index in [1.54, 1.807) is 0 Å². The molecule has 0 aromatic heterocycles. The van der Waals surface area contributed by atoms with Gasteiger partial charge in [0.25, 0.3) is 0 Å². The van der Waals surface area contributed by atoms with Crippen LogP contribution in [0.5, 0.6) is 0 Å². The summed E-state index contributed by atoms with van der Waals surface area (Å²) in [6.45, 7) is 0. The molecule has 1 aliphatic rings. The van der Waals surface area contributed by atoms with Crippen LogP contribution in [0.15, 0.2) is 0 Å². The topological polar surface area (TPSA) is 20.2 Å². The van der Waals surface area contributed by atoms with Crippen LogP contribution in [0.1, 0.15) is 12.8 Å². The Morgan fingerprint density at radius 2 is 2.17 bits per heavy atom. The van der Waals surface area contributed by atoms with E-state index in [4.69, 9.17) is 11.5 Å². The van der Waals surface area contributed by atoms with Gasteiger partial charge in [-0.15, -0.1) is 6.42 Å². The van der Waals surface area contributed by atoms with E-state index in [2.05, 4.69) is 5.92 Å². The van der Waals surface area contributed by atoms with Crippen molar-refractivity contribution in [2.24, 2.45) is 0 Å². The molecule has 1 aliphatic carbocycles. The highest BCUT2D eigenvalue weighted by molar-refractivity contribution is 5.16. The molecule has 0 saturated heterocycles. The van der Waals surface area contributed by atoms with Crippen LogP contribution >= 0.6 is 0 Å². The van der Waals surface area contributed by atoms with Gasteiger partial charge < -0.3 is 5.11 Å². The molecule has 32 valence electrons. The molecule has 0 aromatic rings. The molecule has 1 saturated carbocycles. The Morgan fingerprint density at radius 3 is 2.17 bits per heavy atom. The highest BCUT2D eigenvalue weighted by Crippen LogP contribution is 2.33. The maximum atomic E-state index is 8.70. The molecule has 1 rings (SSSR count). The van der Waals surface area contributed by atoms with Crippen LogP contribution in [0, 0.1) is 12.3 Å². The highest BCUT2D eigenvalue weighted by Gasteiger charge is 2.37. The lowest BCUT2D eigenvalue weighted by Gasteiger charge is -1.87. The van der Waals surface area contributed by atoms with Crippen molar-refractivity contribution in [1.82, 2.24) is 0 Å². The van der Waals surface area contributed by atoms with Crippen molar-refractivity contribution < 1.29 is 5.11 Å². The molecule has 0 spiro atoms. The zero-order chi connectivity index (χ0) is 4.62. The number of hydrogen-bond acceptors (Lipinski definition) is 1. The van der Waals surface area contributed by atoms with Crippen LogP contribution in [-0.4, -0.2) is 10.7 Å². The lowest BCUT2D eigenvalue weighted by molar-refractivity contribution is 0.212. The predicted molar refractivity (Wildman–Crippen MR) is 23.0 cm³/mol. The quantitative estimate of drug-likeness (QED) is 0.412. The summed E-state index contributed by atoms with van der Waals surface area (Å²) < 4.78 is 0. The van der Waals surface area contributed by atoms with Crippen molar-refractivity contribution in [3.05, 3.63) is 0 Å². The first-order valence-corrected chi connectivity index (χ1v) is 1.97. The average Bonchev–Trinajstić information content (AvgIpc) is 2.22. The van der Waals surface area contributed by atoms with Gasteiger partial charge in [-0.1, -0.05) is 5.92 Å². The third kappa shape index (κ3) is 0.395. The molecule has 0 heterocycles. The minimum atomic E-state index is -0.681. The molecule has 1 fully saturated rings. The smallest absolute Gasteiger partial charge is 0.125 e. The SMILES string of the molecule is C#CC1(O)CC1. The fourth-order valence-electron chi connectivity index (χ4n) is 0.263. The van der Waals surface area contributed by atoms with E-state index >= 15 is 0 Å². The Kier molecular flexibility index (Phi) is 0.476. The highest BCUT2D eigenvalue weighted by atomic mass is 16.3. The third-order valence-electron chi connectivity index (χ3n) is 0.992. The summed E-state index contributed by atoms with van der Waals surface area (Å²) in [7, 11) is 0. The van der Waals surface area contributed by atoms with Gasteiger partial charge in [0.1, 0.15) is 5.60 Å². The number of rotatable bonds is 0. The van der Waals surface area contributed by atoms with Crippen LogP contribution in [0.3, 0.4) is 0 Å². The summed E-state index contributed by atoms with van der Waals surface area (Å²) in [5.41, 5.74) is -0.681. The lowest BCUT2D eigenvalue weighted by Crippen LogP contribution is -1.98. The van der Waals surface area contributed by atoms with Crippen molar-refractivity contribution >= 4 is 0 Å². The first-order valence-electron chi connectivity index (χ1n) is 1.97. The number of terminal acetylenes is 1. The Balaban J connectivity index is 2.54. The summed E-state index contributed by atoms with van der Waals surface area (Å²) >= 11 is 0. The van der Waals surface area contributed by atoms with Crippen LogP contribution in [-0.2, 0) is 0 Å². The predicted octanol–water partition coefficient (Wildman–Crippen LogP) is 0.145. The summed E-state index contributed by atoms with van der Waals surface area (Å²) in [5, 5.41) is 8.70. The van der Waals surface area contributed by atoms with E-state index in [1.165, 1.54) is 0 Å². The van der Waals surface area contributed by atoms with Crippen molar-refractivity contribution in [1.29, 1.82) is 0 Å². The first-order chi connectivity index (χ1) is 2.77. The van der Waals surface area contributed by atoms with Gasteiger partial charge >= 0.3 is 0 Å². The first kappa shape index (κ1) is 3.70. The molecule has 0 bridgehead atoms. The fraction of sp³-hybridized carbons (Fsp3) is 0.600. The Labute approximate surface area is 37.0 Å².